The van der Waals surface area contributed by atoms with Crippen molar-refractivity contribution in [2.45, 2.75) is 19.6 Å². The van der Waals surface area contributed by atoms with Crippen LogP contribution in [-0.2, 0) is 11.3 Å². The Hall–Kier alpha value is -3.59. The summed E-state index contributed by atoms with van der Waals surface area (Å²) in [6.45, 7) is 2.09. The molecule has 1 aromatic heterocycles. The van der Waals surface area contributed by atoms with Crippen LogP contribution in [0.1, 0.15) is 18.1 Å². The van der Waals surface area contributed by atoms with E-state index in [0.717, 1.165) is 11.3 Å². The number of rotatable bonds is 6. The van der Waals surface area contributed by atoms with E-state index < -0.39 is 6.10 Å². The number of carbonyl (C=O) groups excluding carboxylic acids is 1. The second-order valence-corrected chi connectivity index (χ2v) is 5.73. The van der Waals surface area contributed by atoms with E-state index >= 15 is 0 Å². The van der Waals surface area contributed by atoms with Crippen molar-refractivity contribution in [3.05, 3.63) is 78.1 Å². The van der Waals surface area contributed by atoms with E-state index in [9.17, 15) is 4.79 Å². The van der Waals surface area contributed by atoms with Gasteiger partial charge in [-0.15, -0.1) is 0 Å². The van der Waals surface area contributed by atoms with Gasteiger partial charge in [0.2, 0.25) is 0 Å². The van der Waals surface area contributed by atoms with Gasteiger partial charge in [0, 0.05) is 18.9 Å². The molecule has 1 atom stereocenters. The Labute approximate surface area is 151 Å². The summed E-state index contributed by atoms with van der Waals surface area (Å²) in [5.41, 5.74) is 2.45. The minimum Gasteiger partial charge on any atom is -0.481 e. The molecule has 130 valence electrons. The Kier molecular flexibility index (Phi) is 5.30. The Bertz CT molecular complexity index is 912. The van der Waals surface area contributed by atoms with Gasteiger partial charge in [0.15, 0.2) is 6.10 Å². The topological polar surface area (TPSA) is 79.9 Å². The van der Waals surface area contributed by atoms with Crippen LogP contribution < -0.4 is 10.1 Å². The number of benzene rings is 2. The zero-order valence-electron chi connectivity index (χ0n) is 14.3. The SMILES string of the molecule is CC(Oc1ccc(C#N)cc1)C(=O)NCc1cccc(-n2cccn2)c1. The van der Waals surface area contributed by atoms with Crippen molar-refractivity contribution in [1.29, 1.82) is 5.26 Å². The van der Waals surface area contributed by atoms with E-state index in [-0.39, 0.29) is 5.91 Å². The first kappa shape index (κ1) is 17.2. The first-order chi connectivity index (χ1) is 12.7. The van der Waals surface area contributed by atoms with Gasteiger partial charge < -0.3 is 10.1 Å². The Morgan fingerprint density at radius 2 is 2.08 bits per heavy atom. The van der Waals surface area contributed by atoms with Crippen molar-refractivity contribution >= 4 is 5.91 Å². The number of nitriles is 1. The van der Waals surface area contributed by atoms with E-state index in [2.05, 4.69) is 10.4 Å². The molecular weight excluding hydrogens is 328 g/mol. The van der Waals surface area contributed by atoms with E-state index in [1.54, 1.807) is 42.1 Å². The summed E-state index contributed by atoms with van der Waals surface area (Å²) in [7, 11) is 0. The molecule has 1 N–H and O–H groups in total. The highest BCUT2D eigenvalue weighted by Crippen LogP contribution is 2.14. The molecule has 0 saturated carbocycles. The smallest absolute Gasteiger partial charge is 0.261 e. The molecular formula is C20H18N4O2. The molecule has 6 heteroatoms. The standard InChI is InChI=1S/C20H18N4O2/c1-15(26-19-8-6-16(13-21)7-9-19)20(25)22-14-17-4-2-5-18(12-17)24-11-3-10-23-24/h2-12,15H,14H2,1H3,(H,22,25). The molecule has 3 rings (SSSR count). The minimum absolute atomic E-state index is 0.209. The fourth-order valence-corrected chi connectivity index (χ4v) is 2.43. The number of ether oxygens (including phenoxy) is 1. The van der Waals surface area contributed by atoms with Crippen molar-refractivity contribution < 1.29 is 9.53 Å². The Morgan fingerprint density at radius 1 is 1.27 bits per heavy atom. The number of nitrogens with zero attached hydrogens (tertiary/aromatic N) is 3. The quantitative estimate of drug-likeness (QED) is 0.744. The van der Waals surface area contributed by atoms with Gasteiger partial charge in [-0.1, -0.05) is 12.1 Å². The van der Waals surface area contributed by atoms with Crippen molar-refractivity contribution in [2.75, 3.05) is 0 Å². The third-order valence-electron chi connectivity index (χ3n) is 3.81. The molecule has 0 aliphatic carbocycles. The average Bonchev–Trinajstić information content (AvgIpc) is 3.22. The van der Waals surface area contributed by atoms with Crippen LogP contribution in [0.4, 0.5) is 0 Å². The maximum atomic E-state index is 12.3. The molecule has 0 saturated heterocycles. The molecule has 6 nitrogen and oxygen atoms in total. The van der Waals surface area contributed by atoms with Gasteiger partial charge in [-0.2, -0.15) is 10.4 Å². The summed E-state index contributed by atoms with van der Waals surface area (Å²) in [6, 6.07) is 18.4. The van der Waals surface area contributed by atoms with Gasteiger partial charge in [0.25, 0.3) is 5.91 Å². The summed E-state index contributed by atoms with van der Waals surface area (Å²) in [4.78, 5) is 12.3. The summed E-state index contributed by atoms with van der Waals surface area (Å²) in [6.07, 6.45) is 2.94. The second kappa shape index (κ2) is 7.99. The first-order valence-corrected chi connectivity index (χ1v) is 8.19. The van der Waals surface area contributed by atoms with Crippen molar-refractivity contribution in [3.63, 3.8) is 0 Å². The maximum absolute atomic E-state index is 12.3. The summed E-state index contributed by atoms with van der Waals surface area (Å²) in [5, 5.41) is 15.9. The molecule has 0 aliphatic heterocycles. The Morgan fingerprint density at radius 3 is 2.77 bits per heavy atom. The minimum atomic E-state index is -0.641. The third-order valence-corrected chi connectivity index (χ3v) is 3.81. The number of carbonyl (C=O) groups is 1. The molecule has 1 unspecified atom stereocenters. The van der Waals surface area contributed by atoms with E-state index in [4.69, 9.17) is 10.00 Å². The van der Waals surface area contributed by atoms with E-state index in [1.165, 1.54) is 0 Å². The van der Waals surface area contributed by atoms with Crippen LogP contribution in [0.3, 0.4) is 0 Å². The van der Waals surface area contributed by atoms with Crippen molar-refractivity contribution in [2.24, 2.45) is 0 Å². The summed E-state index contributed by atoms with van der Waals surface area (Å²) in [5.74, 6) is 0.339. The average molecular weight is 346 g/mol. The van der Waals surface area contributed by atoms with Gasteiger partial charge in [0.1, 0.15) is 5.75 Å². The highest BCUT2D eigenvalue weighted by atomic mass is 16.5. The van der Waals surface area contributed by atoms with Crippen LogP contribution in [0.5, 0.6) is 5.75 Å². The Balaban J connectivity index is 1.56. The number of hydrogen-bond donors (Lipinski definition) is 1. The number of hydrogen-bond acceptors (Lipinski definition) is 4. The largest absolute Gasteiger partial charge is 0.481 e. The third kappa shape index (κ3) is 4.28. The lowest BCUT2D eigenvalue weighted by Gasteiger charge is -2.15. The molecule has 1 amide bonds. The van der Waals surface area contributed by atoms with Gasteiger partial charge in [-0.25, -0.2) is 4.68 Å². The predicted molar refractivity (Wildman–Crippen MR) is 96.7 cm³/mol. The van der Waals surface area contributed by atoms with Gasteiger partial charge in [-0.05, 0) is 55.0 Å². The van der Waals surface area contributed by atoms with Crippen molar-refractivity contribution in [1.82, 2.24) is 15.1 Å². The lowest BCUT2D eigenvalue weighted by Crippen LogP contribution is -2.35. The van der Waals surface area contributed by atoms with E-state index in [0.29, 0.717) is 17.9 Å². The number of nitrogens with one attached hydrogen (secondary N) is 1. The molecule has 0 radical (unpaired) electrons. The molecule has 2 aromatic carbocycles. The van der Waals surface area contributed by atoms with Gasteiger partial charge >= 0.3 is 0 Å². The lowest BCUT2D eigenvalue weighted by molar-refractivity contribution is -0.127. The fourth-order valence-electron chi connectivity index (χ4n) is 2.43. The van der Waals surface area contributed by atoms with Crippen molar-refractivity contribution in [3.8, 4) is 17.5 Å². The zero-order chi connectivity index (χ0) is 18.4. The summed E-state index contributed by atoms with van der Waals surface area (Å²) < 4.78 is 7.38. The highest BCUT2D eigenvalue weighted by molar-refractivity contribution is 5.80. The number of aromatic nitrogens is 2. The zero-order valence-corrected chi connectivity index (χ0v) is 14.3. The van der Waals surface area contributed by atoms with Crippen LogP contribution in [0.2, 0.25) is 0 Å². The molecule has 0 aliphatic rings. The predicted octanol–water partition coefficient (Wildman–Crippen LogP) is 2.83. The molecule has 0 fully saturated rings. The van der Waals surface area contributed by atoms with Crippen LogP contribution in [0.15, 0.2) is 67.0 Å². The van der Waals surface area contributed by atoms with Crippen LogP contribution >= 0.6 is 0 Å². The normalized spacial score (nSPS) is 11.4. The number of amides is 1. The first-order valence-electron chi connectivity index (χ1n) is 8.19. The second-order valence-electron chi connectivity index (χ2n) is 5.73. The summed E-state index contributed by atoms with van der Waals surface area (Å²) >= 11 is 0. The van der Waals surface area contributed by atoms with E-state index in [1.807, 2.05) is 42.6 Å². The highest BCUT2D eigenvalue weighted by Gasteiger charge is 2.14. The van der Waals surface area contributed by atoms with Crippen LogP contribution in [-0.4, -0.2) is 21.8 Å². The lowest BCUT2D eigenvalue weighted by atomic mass is 10.2. The van der Waals surface area contributed by atoms with Gasteiger partial charge in [0.05, 0.1) is 17.3 Å². The maximum Gasteiger partial charge on any atom is 0.261 e. The molecule has 3 aromatic rings. The monoisotopic (exact) mass is 346 g/mol. The molecule has 0 bridgehead atoms. The fraction of sp³-hybridized carbons (Fsp3) is 0.150. The van der Waals surface area contributed by atoms with Crippen LogP contribution in [0, 0.1) is 11.3 Å². The molecule has 26 heavy (non-hydrogen) atoms. The van der Waals surface area contributed by atoms with Gasteiger partial charge in [-0.3, -0.25) is 4.79 Å². The van der Waals surface area contributed by atoms with Crippen LogP contribution in [0.25, 0.3) is 5.69 Å². The molecule has 0 spiro atoms. The molecule has 1 heterocycles.